The van der Waals surface area contributed by atoms with Gasteiger partial charge in [0, 0.05) is 16.1 Å². The van der Waals surface area contributed by atoms with E-state index in [0.29, 0.717) is 31.6 Å². The molecular formula is C14H7Cl2NO2. The van der Waals surface area contributed by atoms with Crippen LogP contribution < -0.4 is 0 Å². The zero-order valence-electron chi connectivity index (χ0n) is 9.56. The minimum Gasteiger partial charge on any atom is -0.618 e. The van der Waals surface area contributed by atoms with Crippen molar-refractivity contribution in [3.63, 3.8) is 0 Å². The maximum atomic E-state index is 12.3. The number of rotatable bonds is 1. The highest BCUT2D eigenvalue weighted by Gasteiger charge is 2.36. The van der Waals surface area contributed by atoms with Crippen LogP contribution in [-0.2, 0) is 0 Å². The van der Waals surface area contributed by atoms with Crippen LogP contribution in [0.1, 0.15) is 15.9 Å². The lowest BCUT2D eigenvalue weighted by Crippen LogP contribution is -2.16. The van der Waals surface area contributed by atoms with Crippen molar-refractivity contribution in [1.29, 1.82) is 0 Å². The molecule has 0 saturated heterocycles. The fraction of sp³-hybridized carbons (Fsp3) is 0. The fourth-order valence-electron chi connectivity index (χ4n) is 2.06. The molecule has 0 amide bonds. The number of hydrogen-bond donors (Lipinski definition) is 0. The predicted octanol–water partition coefficient (Wildman–Crippen LogP) is 3.82. The lowest BCUT2D eigenvalue weighted by molar-refractivity contribution is -0.355. The highest BCUT2D eigenvalue weighted by molar-refractivity contribution is 6.52. The van der Waals surface area contributed by atoms with E-state index < -0.39 is 0 Å². The molecule has 0 N–H and O–H groups in total. The Morgan fingerprint density at radius 3 is 2.26 bits per heavy atom. The van der Waals surface area contributed by atoms with Crippen LogP contribution in [-0.4, -0.2) is 16.2 Å². The molecule has 1 aliphatic rings. The molecule has 0 saturated carbocycles. The molecule has 0 bridgehead atoms. The summed E-state index contributed by atoms with van der Waals surface area (Å²) in [6, 6.07) is 11.2. The minimum atomic E-state index is -0.324. The summed E-state index contributed by atoms with van der Waals surface area (Å²) < 4.78 is 0.636. The second-order valence-electron chi connectivity index (χ2n) is 4.14. The summed E-state index contributed by atoms with van der Waals surface area (Å²) in [5.41, 5.74) is 1.28. The topological polar surface area (TPSA) is 43.1 Å². The Hall–Kier alpha value is -1.84. The van der Waals surface area contributed by atoms with Gasteiger partial charge in [-0.25, -0.2) is 0 Å². The number of carbonyl (C=O) groups excluding carboxylic acids is 1. The van der Waals surface area contributed by atoms with Crippen LogP contribution in [0.25, 0.3) is 0 Å². The van der Waals surface area contributed by atoms with Gasteiger partial charge < -0.3 is 5.21 Å². The molecule has 2 aromatic rings. The van der Waals surface area contributed by atoms with E-state index >= 15 is 0 Å². The first-order chi connectivity index (χ1) is 9.08. The molecule has 0 spiro atoms. The van der Waals surface area contributed by atoms with Crippen molar-refractivity contribution < 1.29 is 9.53 Å². The number of benzene rings is 2. The smallest absolute Gasteiger partial charge is 0.272 e. The Balaban J connectivity index is 2.17. The Kier molecular flexibility index (Phi) is 2.81. The normalized spacial score (nSPS) is 13.9. The number of ketones is 1. The summed E-state index contributed by atoms with van der Waals surface area (Å²) >= 11 is 11.6. The summed E-state index contributed by atoms with van der Waals surface area (Å²) in [6.07, 6.45) is 0. The SMILES string of the molecule is O=C1C(c2ccc(Cl)cc2)=[N+]([O-])c2ccc(Cl)cc21. The molecule has 1 heterocycles. The maximum absolute atomic E-state index is 12.3. The van der Waals surface area contributed by atoms with Gasteiger partial charge in [0.1, 0.15) is 5.56 Å². The van der Waals surface area contributed by atoms with Crippen molar-refractivity contribution in [2.45, 2.75) is 0 Å². The van der Waals surface area contributed by atoms with Crippen LogP contribution in [0.4, 0.5) is 5.69 Å². The molecule has 19 heavy (non-hydrogen) atoms. The summed E-state index contributed by atoms with van der Waals surface area (Å²) in [7, 11) is 0. The molecule has 0 aromatic heterocycles. The van der Waals surface area contributed by atoms with Gasteiger partial charge in [0.15, 0.2) is 0 Å². The van der Waals surface area contributed by atoms with Gasteiger partial charge in [-0.05, 0) is 36.4 Å². The van der Waals surface area contributed by atoms with Crippen LogP contribution in [0.2, 0.25) is 10.0 Å². The van der Waals surface area contributed by atoms with Gasteiger partial charge in [0.25, 0.3) is 11.5 Å². The second-order valence-corrected chi connectivity index (χ2v) is 5.01. The minimum absolute atomic E-state index is 0.0916. The zero-order chi connectivity index (χ0) is 13.6. The van der Waals surface area contributed by atoms with Gasteiger partial charge in [-0.2, -0.15) is 4.74 Å². The van der Waals surface area contributed by atoms with Crippen molar-refractivity contribution in [3.05, 3.63) is 68.8 Å². The maximum Gasteiger partial charge on any atom is 0.272 e. The second kappa shape index (κ2) is 4.37. The number of carbonyl (C=O) groups is 1. The van der Waals surface area contributed by atoms with Gasteiger partial charge in [-0.3, -0.25) is 4.79 Å². The standard InChI is InChI=1S/C14H7Cl2NO2/c15-9-3-1-8(2-4-9)13-14(18)11-7-10(16)5-6-12(11)17(13)19/h1-7H. The Morgan fingerprint density at radius 1 is 0.947 bits per heavy atom. The van der Waals surface area contributed by atoms with Gasteiger partial charge >= 0.3 is 0 Å². The quantitative estimate of drug-likeness (QED) is 0.592. The third-order valence-electron chi connectivity index (χ3n) is 2.96. The molecular weight excluding hydrogens is 285 g/mol. The Bertz CT molecular complexity index is 721. The van der Waals surface area contributed by atoms with Gasteiger partial charge in [-0.1, -0.05) is 23.2 Å². The van der Waals surface area contributed by atoms with E-state index in [0.717, 1.165) is 0 Å². The van der Waals surface area contributed by atoms with Crippen molar-refractivity contribution in [1.82, 2.24) is 0 Å². The van der Waals surface area contributed by atoms with Gasteiger partial charge in [-0.15, -0.1) is 0 Å². The first-order valence-electron chi connectivity index (χ1n) is 5.52. The van der Waals surface area contributed by atoms with Gasteiger partial charge in [0.05, 0.1) is 5.56 Å². The van der Waals surface area contributed by atoms with E-state index in [1.165, 1.54) is 6.07 Å². The fourth-order valence-corrected chi connectivity index (χ4v) is 2.36. The van der Waals surface area contributed by atoms with Crippen LogP contribution in [0, 0.1) is 5.21 Å². The zero-order valence-corrected chi connectivity index (χ0v) is 11.1. The third kappa shape index (κ3) is 1.91. The Morgan fingerprint density at radius 2 is 1.58 bits per heavy atom. The average molecular weight is 292 g/mol. The largest absolute Gasteiger partial charge is 0.618 e. The molecule has 1 aliphatic heterocycles. The molecule has 0 fully saturated rings. The van der Waals surface area contributed by atoms with Crippen molar-refractivity contribution in [2.24, 2.45) is 0 Å². The van der Waals surface area contributed by atoms with E-state index in [4.69, 9.17) is 23.2 Å². The molecule has 3 nitrogen and oxygen atoms in total. The molecule has 94 valence electrons. The van der Waals surface area contributed by atoms with Gasteiger partial charge in [0.2, 0.25) is 5.69 Å². The lowest BCUT2D eigenvalue weighted by Gasteiger charge is -2.01. The molecule has 0 radical (unpaired) electrons. The predicted molar refractivity (Wildman–Crippen MR) is 74.6 cm³/mol. The highest BCUT2D eigenvalue weighted by atomic mass is 35.5. The van der Waals surface area contributed by atoms with Crippen molar-refractivity contribution in [3.8, 4) is 0 Å². The molecule has 0 aliphatic carbocycles. The Labute approximate surface area is 119 Å². The van der Waals surface area contributed by atoms with Crippen LogP contribution in [0.15, 0.2) is 42.5 Å². The van der Waals surface area contributed by atoms with E-state index in [2.05, 4.69) is 0 Å². The molecule has 3 rings (SSSR count). The number of nitrogens with zero attached hydrogens (tertiary/aromatic N) is 1. The first kappa shape index (κ1) is 12.2. The van der Waals surface area contributed by atoms with E-state index in [9.17, 15) is 10.0 Å². The van der Waals surface area contributed by atoms with Crippen LogP contribution in [0.3, 0.4) is 0 Å². The number of Topliss-reactive ketones (excluding diaryl/α,β-unsaturated/α-hetero) is 1. The average Bonchev–Trinajstić information content (AvgIpc) is 2.63. The highest BCUT2D eigenvalue weighted by Crippen LogP contribution is 2.30. The van der Waals surface area contributed by atoms with Crippen molar-refractivity contribution in [2.75, 3.05) is 0 Å². The van der Waals surface area contributed by atoms with E-state index in [-0.39, 0.29) is 11.5 Å². The van der Waals surface area contributed by atoms with E-state index in [1.54, 1.807) is 36.4 Å². The first-order valence-corrected chi connectivity index (χ1v) is 6.28. The summed E-state index contributed by atoms with van der Waals surface area (Å²) in [6.45, 7) is 0. The van der Waals surface area contributed by atoms with Crippen LogP contribution in [0.5, 0.6) is 0 Å². The van der Waals surface area contributed by atoms with Crippen molar-refractivity contribution >= 4 is 40.4 Å². The molecule has 2 aromatic carbocycles. The summed E-state index contributed by atoms with van der Waals surface area (Å²) in [5.74, 6) is -0.324. The molecule has 5 heteroatoms. The molecule has 0 atom stereocenters. The summed E-state index contributed by atoms with van der Waals surface area (Å²) in [4.78, 5) is 12.3. The number of hydrogen-bond acceptors (Lipinski definition) is 2. The summed E-state index contributed by atoms with van der Waals surface area (Å²) in [5, 5.41) is 13.2. The number of halogens is 2. The molecule has 0 unspecified atom stereocenters. The number of fused-ring (bicyclic) bond motifs is 1. The van der Waals surface area contributed by atoms with E-state index in [1.807, 2.05) is 0 Å². The lowest BCUT2D eigenvalue weighted by atomic mass is 10.0. The van der Waals surface area contributed by atoms with Crippen LogP contribution >= 0.6 is 23.2 Å². The monoisotopic (exact) mass is 291 g/mol. The third-order valence-corrected chi connectivity index (χ3v) is 3.44.